The highest BCUT2D eigenvalue weighted by Crippen LogP contribution is 2.33. The molecule has 0 aliphatic carbocycles. The monoisotopic (exact) mass is 459 g/mol. The second kappa shape index (κ2) is 8.02. The van der Waals surface area contributed by atoms with Gasteiger partial charge in [0.1, 0.15) is 5.82 Å². The Labute approximate surface area is 187 Å². The summed E-state index contributed by atoms with van der Waals surface area (Å²) in [6.07, 6.45) is 3.87. The minimum atomic E-state index is 0.315. The molecule has 0 radical (unpaired) electrons. The van der Waals surface area contributed by atoms with Crippen LogP contribution >= 0.6 is 34.7 Å². The van der Waals surface area contributed by atoms with Gasteiger partial charge in [-0.05, 0) is 44.0 Å². The highest BCUT2D eigenvalue weighted by molar-refractivity contribution is 7.09. The van der Waals surface area contributed by atoms with Gasteiger partial charge in [0.2, 0.25) is 11.1 Å². The standard InChI is InChI=1S/C20H19Cl2N7S/c1-12-23-20(30-27-12)28-9-6-14(7-10-28)24-19-25-18-16(3-2-8-29(18)26-19)15-5-4-13(21)11-17(15)22/h2-5,8,11,14H,6-7,9-10H2,1H3,(H,24,26). The summed E-state index contributed by atoms with van der Waals surface area (Å²) >= 11 is 13.9. The number of fused-ring (bicyclic) bond motifs is 1. The second-order valence-electron chi connectivity index (χ2n) is 7.28. The molecular formula is C20H19Cl2N7S. The van der Waals surface area contributed by atoms with E-state index >= 15 is 0 Å². The van der Waals surface area contributed by atoms with E-state index in [9.17, 15) is 0 Å². The Morgan fingerprint density at radius 1 is 1.10 bits per heavy atom. The molecule has 30 heavy (non-hydrogen) atoms. The van der Waals surface area contributed by atoms with Crippen molar-refractivity contribution >= 4 is 51.5 Å². The van der Waals surface area contributed by atoms with Crippen molar-refractivity contribution in [3.8, 4) is 11.1 Å². The van der Waals surface area contributed by atoms with E-state index in [-0.39, 0.29) is 0 Å². The summed E-state index contributed by atoms with van der Waals surface area (Å²) in [5, 5.41) is 10.3. The smallest absolute Gasteiger partial charge is 0.243 e. The first kappa shape index (κ1) is 19.5. The predicted molar refractivity (Wildman–Crippen MR) is 122 cm³/mol. The van der Waals surface area contributed by atoms with E-state index in [2.05, 4.69) is 24.7 Å². The van der Waals surface area contributed by atoms with Gasteiger partial charge in [-0.3, -0.25) is 0 Å². The van der Waals surface area contributed by atoms with E-state index in [1.54, 1.807) is 10.6 Å². The summed E-state index contributed by atoms with van der Waals surface area (Å²) in [7, 11) is 0. The lowest BCUT2D eigenvalue weighted by molar-refractivity contribution is 0.523. The van der Waals surface area contributed by atoms with Gasteiger partial charge in [-0.2, -0.15) is 9.36 Å². The number of aryl methyl sites for hydroxylation is 1. The molecule has 0 bridgehead atoms. The number of nitrogens with zero attached hydrogens (tertiary/aromatic N) is 6. The van der Waals surface area contributed by atoms with E-state index in [0.717, 1.165) is 53.7 Å². The van der Waals surface area contributed by atoms with Crippen molar-refractivity contribution in [2.75, 3.05) is 23.3 Å². The van der Waals surface area contributed by atoms with Crippen LogP contribution in [0.3, 0.4) is 0 Å². The fourth-order valence-corrected chi connectivity index (χ4v) is 4.93. The molecule has 1 N–H and O–H groups in total. The number of pyridine rings is 1. The molecule has 1 aromatic carbocycles. The number of benzene rings is 1. The lowest BCUT2D eigenvalue weighted by Crippen LogP contribution is -2.39. The van der Waals surface area contributed by atoms with Crippen molar-refractivity contribution in [1.82, 2.24) is 24.0 Å². The van der Waals surface area contributed by atoms with Crippen molar-refractivity contribution in [1.29, 1.82) is 0 Å². The first-order valence-electron chi connectivity index (χ1n) is 9.69. The van der Waals surface area contributed by atoms with Gasteiger partial charge in [0.25, 0.3) is 0 Å². The molecule has 7 nitrogen and oxygen atoms in total. The molecule has 1 saturated heterocycles. The summed E-state index contributed by atoms with van der Waals surface area (Å²) in [5.41, 5.74) is 2.55. The van der Waals surface area contributed by atoms with Crippen LogP contribution in [0.4, 0.5) is 11.1 Å². The van der Waals surface area contributed by atoms with Crippen LogP contribution in [0.25, 0.3) is 16.8 Å². The van der Waals surface area contributed by atoms with Crippen molar-refractivity contribution in [3.05, 3.63) is 52.4 Å². The van der Waals surface area contributed by atoms with Gasteiger partial charge in [0.15, 0.2) is 5.65 Å². The molecule has 0 amide bonds. The summed E-state index contributed by atoms with van der Waals surface area (Å²) in [4.78, 5) is 11.5. The summed E-state index contributed by atoms with van der Waals surface area (Å²) in [6, 6.07) is 9.72. The molecule has 4 aromatic rings. The van der Waals surface area contributed by atoms with Crippen LogP contribution in [0, 0.1) is 6.92 Å². The molecule has 154 valence electrons. The highest BCUT2D eigenvalue weighted by atomic mass is 35.5. The lowest BCUT2D eigenvalue weighted by Gasteiger charge is -2.31. The average molecular weight is 460 g/mol. The first-order chi connectivity index (χ1) is 14.6. The van der Waals surface area contributed by atoms with Crippen LogP contribution in [-0.4, -0.2) is 43.1 Å². The van der Waals surface area contributed by atoms with Crippen LogP contribution in [0.1, 0.15) is 18.7 Å². The molecule has 4 heterocycles. The number of aromatic nitrogens is 5. The van der Waals surface area contributed by atoms with Crippen molar-refractivity contribution in [2.45, 2.75) is 25.8 Å². The maximum atomic E-state index is 6.42. The zero-order valence-corrected chi connectivity index (χ0v) is 18.5. The summed E-state index contributed by atoms with van der Waals surface area (Å²) < 4.78 is 6.06. The van der Waals surface area contributed by atoms with Crippen LogP contribution in [-0.2, 0) is 0 Å². The largest absolute Gasteiger partial charge is 0.350 e. The van der Waals surface area contributed by atoms with E-state index in [4.69, 9.17) is 28.2 Å². The Morgan fingerprint density at radius 2 is 1.93 bits per heavy atom. The predicted octanol–water partition coefficient (Wildman–Crippen LogP) is 4.94. The van der Waals surface area contributed by atoms with Crippen LogP contribution < -0.4 is 10.2 Å². The van der Waals surface area contributed by atoms with Gasteiger partial charge in [-0.1, -0.05) is 29.3 Å². The zero-order chi connectivity index (χ0) is 20.7. The SMILES string of the molecule is Cc1nsc(N2CCC(Nc3nc4c(-c5ccc(Cl)cc5Cl)cccn4n3)CC2)n1. The third-order valence-corrected chi connectivity index (χ3v) is 6.62. The topological polar surface area (TPSA) is 71.2 Å². The highest BCUT2D eigenvalue weighted by Gasteiger charge is 2.23. The number of rotatable bonds is 4. The molecule has 0 atom stereocenters. The van der Waals surface area contributed by atoms with Gasteiger partial charge < -0.3 is 10.2 Å². The van der Waals surface area contributed by atoms with Gasteiger partial charge in [0.05, 0.1) is 5.02 Å². The van der Waals surface area contributed by atoms with E-state index < -0.39 is 0 Å². The normalized spacial score (nSPS) is 15.1. The van der Waals surface area contributed by atoms with Crippen molar-refractivity contribution in [3.63, 3.8) is 0 Å². The van der Waals surface area contributed by atoms with Crippen LogP contribution in [0.15, 0.2) is 36.5 Å². The number of halogens is 2. The summed E-state index contributed by atoms with van der Waals surface area (Å²) in [6.45, 7) is 3.80. The molecule has 0 spiro atoms. The summed E-state index contributed by atoms with van der Waals surface area (Å²) in [5.74, 6) is 1.46. The van der Waals surface area contributed by atoms with E-state index in [0.29, 0.717) is 22.0 Å². The van der Waals surface area contributed by atoms with Gasteiger partial charge >= 0.3 is 0 Å². The third kappa shape index (κ3) is 3.82. The molecule has 0 saturated carbocycles. The zero-order valence-electron chi connectivity index (χ0n) is 16.2. The number of anilines is 2. The Morgan fingerprint density at radius 3 is 2.67 bits per heavy atom. The second-order valence-corrected chi connectivity index (χ2v) is 8.85. The number of hydrogen-bond donors (Lipinski definition) is 1. The van der Waals surface area contributed by atoms with Crippen molar-refractivity contribution in [2.24, 2.45) is 0 Å². The minimum Gasteiger partial charge on any atom is -0.350 e. The Kier molecular flexibility index (Phi) is 5.22. The maximum absolute atomic E-state index is 6.42. The quantitative estimate of drug-likeness (QED) is 0.465. The fraction of sp³-hybridized carbons (Fsp3) is 0.300. The Hall–Kier alpha value is -2.42. The molecule has 0 unspecified atom stereocenters. The maximum Gasteiger partial charge on any atom is 0.243 e. The molecular weight excluding hydrogens is 441 g/mol. The van der Waals surface area contributed by atoms with E-state index in [1.807, 2.05) is 37.4 Å². The fourth-order valence-electron chi connectivity index (χ4n) is 3.70. The molecule has 1 aliphatic rings. The van der Waals surface area contributed by atoms with Crippen LogP contribution in [0.5, 0.6) is 0 Å². The molecule has 3 aromatic heterocycles. The lowest BCUT2D eigenvalue weighted by atomic mass is 10.1. The molecule has 1 aliphatic heterocycles. The van der Waals surface area contributed by atoms with Gasteiger partial charge in [-0.15, -0.1) is 5.10 Å². The number of piperidine rings is 1. The molecule has 1 fully saturated rings. The van der Waals surface area contributed by atoms with Gasteiger partial charge in [0, 0.05) is 53.0 Å². The average Bonchev–Trinajstić information content (AvgIpc) is 3.34. The molecule has 5 rings (SSSR count). The van der Waals surface area contributed by atoms with E-state index in [1.165, 1.54) is 11.5 Å². The minimum absolute atomic E-state index is 0.315. The Balaban J connectivity index is 1.34. The van der Waals surface area contributed by atoms with Gasteiger partial charge in [-0.25, -0.2) is 9.50 Å². The number of hydrogen-bond acceptors (Lipinski definition) is 7. The van der Waals surface area contributed by atoms with Crippen molar-refractivity contribution < 1.29 is 0 Å². The number of nitrogens with one attached hydrogen (secondary N) is 1. The molecule has 10 heteroatoms. The third-order valence-electron chi connectivity index (χ3n) is 5.20. The first-order valence-corrected chi connectivity index (χ1v) is 11.2. The van der Waals surface area contributed by atoms with Crippen LogP contribution in [0.2, 0.25) is 10.0 Å². The Bertz CT molecular complexity index is 1200.